The van der Waals surface area contributed by atoms with E-state index < -0.39 is 0 Å². The van der Waals surface area contributed by atoms with E-state index >= 15 is 0 Å². The van der Waals surface area contributed by atoms with E-state index in [-0.39, 0.29) is 18.4 Å². The van der Waals surface area contributed by atoms with Crippen molar-refractivity contribution < 1.29 is 9.90 Å². The summed E-state index contributed by atoms with van der Waals surface area (Å²) in [4.78, 5) is 12.0. The van der Waals surface area contributed by atoms with Crippen molar-refractivity contribution in [2.75, 3.05) is 11.9 Å². The summed E-state index contributed by atoms with van der Waals surface area (Å²) in [5.74, 6) is 5.51. The number of hydrogen-bond donors (Lipinski definition) is 2. The van der Waals surface area contributed by atoms with Crippen LogP contribution in [0.2, 0.25) is 0 Å². The van der Waals surface area contributed by atoms with E-state index in [4.69, 9.17) is 5.11 Å². The minimum absolute atomic E-state index is 0.0116. The molecule has 1 aromatic rings. The molecular formula is C16H21NO2. The van der Waals surface area contributed by atoms with E-state index in [1.165, 1.54) is 0 Å². The van der Waals surface area contributed by atoms with Crippen LogP contribution in [0.15, 0.2) is 18.2 Å². The maximum Gasteiger partial charge on any atom is 0.227 e. The third-order valence-electron chi connectivity index (χ3n) is 2.83. The molecule has 0 saturated carbocycles. The Kier molecular flexibility index (Phi) is 6.11. The van der Waals surface area contributed by atoms with Crippen molar-refractivity contribution in [1.82, 2.24) is 0 Å². The third kappa shape index (κ3) is 5.15. The maximum absolute atomic E-state index is 12.0. The number of amides is 1. The maximum atomic E-state index is 12.0. The van der Waals surface area contributed by atoms with Gasteiger partial charge in [-0.1, -0.05) is 32.1 Å². The van der Waals surface area contributed by atoms with Crippen molar-refractivity contribution in [2.45, 2.75) is 33.6 Å². The second-order valence-electron chi connectivity index (χ2n) is 4.73. The fourth-order valence-electron chi connectivity index (χ4n) is 1.90. The highest BCUT2D eigenvalue weighted by atomic mass is 16.2. The molecule has 1 atom stereocenters. The smallest absolute Gasteiger partial charge is 0.227 e. The molecule has 1 rings (SSSR count). The van der Waals surface area contributed by atoms with Crippen LogP contribution < -0.4 is 5.32 Å². The van der Waals surface area contributed by atoms with Gasteiger partial charge in [0, 0.05) is 17.2 Å². The lowest BCUT2D eigenvalue weighted by atomic mass is 10.0. The van der Waals surface area contributed by atoms with Crippen LogP contribution in [0.1, 0.15) is 37.8 Å². The van der Waals surface area contributed by atoms with Gasteiger partial charge >= 0.3 is 0 Å². The molecule has 0 spiro atoms. The van der Waals surface area contributed by atoms with E-state index in [0.29, 0.717) is 0 Å². The molecule has 1 aromatic carbocycles. The highest BCUT2D eigenvalue weighted by Gasteiger charge is 2.12. The predicted octanol–water partition coefficient (Wildman–Crippen LogP) is 2.71. The van der Waals surface area contributed by atoms with Gasteiger partial charge in [-0.25, -0.2) is 0 Å². The molecule has 3 nitrogen and oxygen atoms in total. The molecule has 0 aliphatic carbocycles. The first-order chi connectivity index (χ1) is 9.06. The molecule has 0 aliphatic heterocycles. The van der Waals surface area contributed by atoms with Crippen LogP contribution in [-0.2, 0) is 4.79 Å². The average Bonchev–Trinajstić information content (AvgIpc) is 2.36. The molecule has 1 unspecified atom stereocenters. The molecule has 0 fully saturated rings. The van der Waals surface area contributed by atoms with Gasteiger partial charge in [0.15, 0.2) is 0 Å². The lowest BCUT2D eigenvalue weighted by Crippen LogP contribution is -2.20. The zero-order valence-corrected chi connectivity index (χ0v) is 11.8. The number of aryl methyl sites for hydroxylation is 1. The quantitative estimate of drug-likeness (QED) is 0.817. The fraction of sp³-hybridized carbons (Fsp3) is 0.438. The van der Waals surface area contributed by atoms with Gasteiger partial charge in [-0.15, -0.1) is 0 Å². The first-order valence-electron chi connectivity index (χ1n) is 6.59. The van der Waals surface area contributed by atoms with Gasteiger partial charge in [-0.3, -0.25) is 4.79 Å². The molecule has 0 radical (unpaired) electrons. The monoisotopic (exact) mass is 259 g/mol. The molecule has 0 bridgehead atoms. The first kappa shape index (κ1) is 15.3. The largest absolute Gasteiger partial charge is 0.384 e. The zero-order valence-electron chi connectivity index (χ0n) is 11.8. The standard InChI is InChI=1S/C16H21NO2/c1-4-6-13(3)16(19)17-15-10-12(2)9-14(11-15)7-5-8-18/h9-11,13,18H,4,6,8H2,1-3H3,(H,17,19). The number of carbonyl (C=O) groups excluding carboxylic acids is 1. The Morgan fingerprint density at radius 2 is 2.16 bits per heavy atom. The van der Waals surface area contributed by atoms with Crippen LogP contribution in [0.3, 0.4) is 0 Å². The predicted molar refractivity (Wildman–Crippen MR) is 77.8 cm³/mol. The van der Waals surface area contributed by atoms with Crippen molar-refractivity contribution in [1.29, 1.82) is 0 Å². The van der Waals surface area contributed by atoms with E-state index in [1.54, 1.807) is 0 Å². The topological polar surface area (TPSA) is 49.3 Å². The van der Waals surface area contributed by atoms with Crippen LogP contribution in [-0.4, -0.2) is 17.6 Å². The Bertz CT molecular complexity index is 497. The van der Waals surface area contributed by atoms with Gasteiger partial charge in [0.05, 0.1) is 0 Å². The van der Waals surface area contributed by atoms with Crippen LogP contribution in [0.4, 0.5) is 5.69 Å². The molecule has 102 valence electrons. The van der Waals surface area contributed by atoms with Crippen LogP contribution in [0, 0.1) is 24.7 Å². The summed E-state index contributed by atoms with van der Waals surface area (Å²) in [5.41, 5.74) is 2.59. The summed E-state index contributed by atoms with van der Waals surface area (Å²) in [7, 11) is 0. The summed E-state index contributed by atoms with van der Waals surface area (Å²) in [6.07, 6.45) is 1.88. The first-order valence-corrected chi connectivity index (χ1v) is 6.59. The zero-order chi connectivity index (χ0) is 14.3. The molecular weight excluding hydrogens is 238 g/mol. The molecule has 0 heterocycles. The van der Waals surface area contributed by atoms with Gasteiger partial charge in [0.1, 0.15) is 6.61 Å². The number of carbonyl (C=O) groups is 1. The molecule has 19 heavy (non-hydrogen) atoms. The Morgan fingerprint density at radius 1 is 1.42 bits per heavy atom. The Hall–Kier alpha value is -1.79. The minimum Gasteiger partial charge on any atom is -0.384 e. The Labute approximate surface area is 115 Å². The number of aliphatic hydroxyl groups excluding tert-OH is 1. The van der Waals surface area contributed by atoms with Crippen molar-refractivity contribution in [3.8, 4) is 11.8 Å². The Balaban J connectivity index is 2.83. The third-order valence-corrected chi connectivity index (χ3v) is 2.83. The summed E-state index contributed by atoms with van der Waals surface area (Å²) in [5, 5.41) is 11.6. The van der Waals surface area contributed by atoms with Crippen LogP contribution in [0.5, 0.6) is 0 Å². The van der Waals surface area contributed by atoms with Crippen LogP contribution >= 0.6 is 0 Å². The number of benzene rings is 1. The van der Waals surface area contributed by atoms with Gasteiger partial charge in [0.2, 0.25) is 5.91 Å². The lowest BCUT2D eigenvalue weighted by molar-refractivity contribution is -0.119. The molecule has 0 aromatic heterocycles. The van der Waals surface area contributed by atoms with E-state index in [1.807, 2.05) is 32.0 Å². The highest BCUT2D eigenvalue weighted by Crippen LogP contribution is 2.16. The van der Waals surface area contributed by atoms with Gasteiger partial charge in [0.25, 0.3) is 0 Å². The van der Waals surface area contributed by atoms with E-state index in [2.05, 4.69) is 24.1 Å². The van der Waals surface area contributed by atoms with Crippen molar-refractivity contribution >= 4 is 11.6 Å². The molecule has 2 N–H and O–H groups in total. The van der Waals surface area contributed by atoms with Crippen molar-refractivity contribution in [2.24, 2.45) is 5.92 Å². The number of anilines is 1. The van der Waals surface area contributed by atoms with Crippen molar-refractivity contribution in [3.05, 3.63) is 29.3 Å². The Morgan fingerprint density at radius 3 is 2.79 bits per heavy atom. The molecule has 1 amide bonds. The summed E-state index contributed by atoms with van der Waals surface area (Å²) >= 11 is 0. The summed E-state index contributed by atoms with van der Waals surface area (Å²) in [6.45, 7) is 5.79. The SMILES string of the molecule is CCCC(C)C(=O)Nc1cc(C)cc(C#CCO)c1. The molecule has 3 heteroatoms. The fourth-order valence-corrected chi connectivity index (χ4v) is 1.90. The number of aliphatic hydroxyl groups is 1. The molecule has 0 saturated heterocycles. The van der Waals surface area contributed by atoms with Gasteiger partial charge < -0.3 is 10.4 Å². The van der Waals surface area contributed by atoms with Crippen LogP contribution in [0.25, 0.3) is 0 Å². The second-order valence-corrected chi connectivity index (χ2v) is 4.73. The van der Waals surface area contributed by atoms with Gasteiger partial charge in [-0.05, 0) is 37.1 Å². The van der Waals surface area contributed by atoms with E-state index in [0.717, 1.165) is 29.7 Å². The number of rotatable bonds is 4. The van der Waals surface area contributed by atoms with Gasteiger partial charge in [-0.2, -0.15) is 0 Å². The van der Waals surface area contributed by atoms with Crippen molar-refractivity contribution in [3.63, 3.8) is 0 Å². The lowest BCUT2D eigenvalue weighted by Gasteiger charge is -2.12. The summed E-state index contributed by atoms with van der Waals surface area (Å²) < 4.78 is 0. The van der Waals surface area contributed by atoms with E-state index in [9.17, 15) is 4.79 Å². The number of hydrogen-bond acceptors (Lipinski definition) is 2. The highest BCUT2D eigenvalue weighted by molar-refractivity contribution is 5.92. The second kappa shape index (κ2) is 7.60. The number of nitrogens with one attached hydrogen (secondary N) is 1. The summed E-state index contributed by atoms with van der Waals surface area (Å²) in [6, 6.07) is 5.67. The average molecular weight is 259 g/mol. The minimum atomic E-state index is -0.164. The normalized spacial score (nSPS) is 11.4. The molecule has 0 aliphatic rings.